The first-order valence-corrected chi connectivity index (χ1v) is 8.56. The summed E-state index contributed by atoms with van der Waals surface area (Å²) < 4.78 is 5.69. The van der Waals surface area contributed by atoms with Crippen molar-refractivity contribution in [2.45, 2.75) is 52.2 Å². The lowest BCUT2D eigenvalue weighted by atomic mass is 9.65. The van der Waals surface area contributed by atoms with Gasteiger partial charge in [-0.1, -0.05) is 39.0 Å². The van der Waals surface area contributed by atoms with E-state index in [2.05, 4.69) is 20.8 Å². The summed E-state index contributed by atoms with van der Waals surface area (Å²) in [6.45, 7) is 9.62. The van der Waals surface area contributed by atoms with Crippen molar-refractivity contribution in [3.63, 3.8) is 0 Å². The van der Waals surface area contributed by atoms with Gasteiger partial charge in [0.1, 0.15) is 25.0 Å². The smallest absolute Gasteiger partial charge is 0.137 e. The van der Waals surface area contributed by atoms with E-state index in [1.165, 1.54) is 25.8 Å². The summed E-state index contributed by atoms with van der Waals surface area (Å²) >= 11 is 0. The molecule has 22 heavy (non-hydrogen) atoms. The fourth-order valence-corrected chi connectivity index (χ4v) is 5.06. The summed E-state index contributed by atoms with van der Waals surface area (Å²) in [6.07, 6.45) is 3.53. The van der Waals surface area contributed by atoms with Gasteiger partial charge >= 0.3 is 0 Å². The molecule has 1 aromatic carbocycles. The number of nitrogens with one attached hydrogen (secondary N) is 1. The van der Waals surface area contributed by atoms with Gasteiger partial charge in [0, 0.05) is 18.3 Å². The molecule has 0 aromatic heterocycles. The quantitative estimate of drug-likeness (QED) is 0.871. The Morgan fingerprint density at radius 2 is 1.95 bits per heavy atom. The monoisotopic (exact) mass is 304 g/mol. The Morgan fingerprint density at radius 3 is 2.68 bits per heavy atom. The minimum absolute atomic E-state index is 0.388. The van der Waals surface area contributed by atoms with Crippen LogP contribution >= 0.6 is 0 Å². The lowest BCUT2D eigenvalue weighted by molar-refractivity contribution is -0.917. The van der Waals surface area contributed by atoms with Crippen LogP contribution in [0.25, 0.3) is 0 Å². The van der Waals surface area contributed by atoms with Crippen LogP contribution in [0.2, 0.25) is 0 Å². The molecule has 2 bridgehead atoms. The van der Waals surface area contributed by atoms with Gasteiger partial charge in [0.2, 0.25) is 0 Å². The zero-order valence-corrected chi connectivity index (χ0v) is 14.1. The fourth-order valence-electron chi connectivity index (χ4n) is 5.06. The van der Waals surface area contributed by atoms with Crippen LogP contribution in [-0.2, 0) is 0 Å². The molecule has 1 heterocycles. The van der Waals surface area contributed by atoms with E-state index in [1.54, 1.807) is 4.90 Å². The highest BCUT2D eigenvalue weighted by Gasteiger charge is 2.52. The molecule has 1 saturated carbocycles. The molecule has 3 heteroatoms. The van der Waals surface area contributed by atoms with E-state index in [0.29, 0.717) is 23.5 Å². The Labute approximate surface area is 134 Å². The van der Waals surface area contributed by atoms with Gasteiger partial charge in [0.15, 0.2) is 0 Å². The lowest BCUT2D eigenvalue weighted by Gasteiger charge is -2.37. The Kier molecular flexibility index (Phi) is 4.21. The molecule has 1 aliphatic carbocycles. The number of ether oxygens (including phenoxy) is 1. The molecule has 3 rings (SSSR count). The van der Waals surface area contributed by atoms with E-state index in [0.717, 1.165) is 12.3 Å². The third-order valence-electron chi connectivity index (χ3n) is 5.36. The molecule has 0 radical (unpaired) electrons. The molecule has 2 fully saturated rings. The van der Waals surface area contributed by atoms with E-state index >= 15 is 0 Å². The number of hydrogen-bond donors (Lipinski definition) is 2. The molecular weight excluding hydrogens is 274 g/mol. The van der Waals surface area contributed by atoms with Crippen LogP contribution in [0.5, 0.6) is 5.75 Å². The molecule has 2 N–H and O–H groups in total. The van der Waals surface area contributed by atoms with E-state index < -0.39 is 0 Å². The maximum absolute atomic E-state index is 10.4. The van der Waals surface area contributed by atoms with Gasteiger partial charge < -0.3 is 14.7 Å². The molecule has 1 aliphatic heterocycles. The van der Waals surface area contributed by atoms with Crippen molar-refractivity contribution in [3.05, 3.63) is 30.3 Å². The van der Waals surface area contributed by atoms with Crippen molar-refractivity contribution in [2.24, 2.45) is 10.8 Å². The highest BCUT2D eigenvalue weighted by Crippen LogP contribution is 2.47. The van der Waals surface area contributed by atoms with E-state index in [4.69, 9.17) is 4.74 Å². The van der Waals surface area contributed by atoms with Crippen LogP contribution in [0.4, 0.5) is 0 Å². The maximum Gasteiger partial charge on any atom is 0.137 e. The molecule has 1 aromatic rings. The van der Waals surface area contributed by atoms with Crippen LogP contribution in [0.1, 0.15) is 40.0 Å². The van der Waals surface area contributed by atoms with Crippen LogP contribution < -0.4 is 9.64 Å². The van der Waals surface area contributed by atoms with E-state index in [1.807, 2.05) is 30.3 Å². The van der Waals surface area contributed by atoms with Gasteiger partial charge in [0.25, 0.3) is 0 Å². The summed E-state index contributed by atoms with van der Waals surface area (Å²) in [6, 6.07) is 10.5. The first-order valence-electron chi connectivity index (χ1n) is 8.56. The molecule has 0 spiro atoms. The van der Waals surface area contributed by atoms with Gasteiger partial charge in [0.05, 0.1) is 12.6 Å². The second kappa shape index (κ2) is 5.86. The van der Waals surface area contributed by atoms with E-state index in [-0.39, 0.29) is 6.10 Å². The molecule has 1 saturated heterocycles. The van der Waals surface area contributed by atoms with Crippen molar-refractivity contribution in [1.29, 1.82) is 0 Å². The summed E-state index contributed by atoms with van der Waals surface area (Å²) in [5.41, 5.74) is 0.909. The maximum atomic E-state index is 10.4. The number of hydrogen-bond acceptors (Lipinski definition) is 2. The number of benzene rings is 1. The molecule has 122 valence electrons. The first-order chi connectivity index (χ1) is 10.4. The normalized spacial score (nSPS) is 34.4. The number of aliphatic hydroxyl groups excluding tert-OH is 1. The van der Waals surface area contributed by atoms with Crippen molar-refractivity contribution in [1.82, 2.24) is 0 Å². The predicted molar refractivity (Wildman–Crippen MR) is 88.2 cm³/mol. The topological polar surface area (TPSA) is 33.9 Å². The van der Waals surface area contributed by atoms with Gasteiger partial charge in [-0.25, -0.2) is 0 Å². The summed E-state index contributed by atoms with van der Waals surface area (Å²) in [4.78, 5) is 1.58. The third kappa shape index (κ3) is 3.64. The SMILES string of the molecule is CC1(C)C[C@@H]2C[C@@](C)(C[NH+]2C[C@H](O)COc2ccccc2)C1. The predicted octanol–water partition coefficient (Wildman–Crippen LogP) is 1.91. The number of rotatable bonds is 5. The Bertz CT molecular complexity index is 501. The molecule has 3 nitrogen and oxygen atoms in total. The van der Waals surface area contributed by atoms with Crippen LogP contribution in [0.15, 0.2) is 30.3 Å². The number of quaternary nitrogens is 1. The van der Waals surface area contributed by atoms with Gasteiger partial charge in [-0.3, -0.25) is 0 Å². The van der Waals surface area contributed by atoms with Crippen LogP contribution in [0.3, 0.4) is 0 Å². The van der Waals surface area contributed by atoms with Gasteiger partial charge in [-0.05, 0) is 24.0 Å². The minimum atomic E-state index is -0.388. The largest absolute Gasteiger partial charge is 0.491 e. The van der Waals surface area contributed by atoms with Gasteiger partial charge in [-0.2, -0.15) is 0 Å². The molecule has 2 aliphatic rings. The summed E-state index contributed by atoms with van der Waals surface area (Å²) in [5.74, 6) is 0.838. The average Bonchev–Trinajstić information content (AvgIpc) is 2.66. The summed E-state index contributed by atoms with van der Waals surface area (Å²) in [5, 5.41) is 10.4. The highest BCUT2D eigenvalue weighted by atomic mass is 16.5. The number of aliphatic hydroxyl groups is 1. The van der Waals surface area contributed by atoms with Crippen LogP contribution in [0, 0.1) is 10.8 Å². The molecule has 0 amide bonds. The molecule has 4 atom stereocenters. The zero-order chi connectivity index (χ0) is 15.8. The first kappa shape index (κ1) is 15.8. The number of likely N-dealkylation sites (tertiary alicyclic amines) is 1. The zero-order valence-electron chi connectivity index (χ0n) is 14.1. The highest BCUT2D eigenvalue weighted by molar-refractivity contribution is 5.20. The Hall–Kier alpha value is -1.06. The summed E-state index contributed by atoms with van der Waals surface area (Å²) in [7, 11) is 0. The minimum Gasteiger partial charge on any atom is -0.491 e. The van der Waals surface area contributed by atoms with Crippen molar-refractivity contribution in [3.8, 4) is 5.75 Å². The lowest BCUT2D eigenvalue weighted by Crippen LogP contribution is -3.15. The Balaban J connectivity index is 1.53. The van der Waals surface area contributed by atoms with Crippen LogP contribution in [-0.4, -0.2) is 36.9 Å². The van der Waals surface area contributed by atoms with Gasteiger partial charge in [-0.15, -0.1) is 0 Å². The second-order valence-electron chi connectivity index (χ2n) is 8.57. The standard InChI is InChI=1S/C19H29NO2/c1-18(2)9-15-10-19(3,13-18)14-20(15)11-16(21)12-22-17-7-5-4-6-8-17/h4-8,15-16,21H,9-14H2,1-3H3/p+1/t15-,16+,19-/m1/s1. The average molecular weight is 304 g/mol. The molecule has 1 unspecified atom stereocenters. The Morgan fingerprint density at radius 1 is 1.23 bits per heavy atom. The fraction of sp³-hybridized carbons (Fsp3) is 0.684. The number of para-hydroxylation sites is 1. The number of fused-ring (bicyclic) bond motifs is 2. The van der Waals surface area contributed by atoms with Crippen molar-refractivity contribution < 1.29 is 14.7 Å². The van der Waals surface area contributed by atoms with Crippen molar-refractivity contribution in [2.75, 3.05) is 19.7 Å². The third-order valence-corrected chi connectivity index (χ3v) is 5.36. The molecular formula is C19H30NO2+. The second-order valence-corrected chi connectivity index (χ2v) is 8.57. The van der Waals surface area contributed by atoms with E-state index in [9.17, 15) is 5.11 Å². The van der Waals surface area contributed by atoms with Crippen molar-refractivity contribution >= 4 is 0 Å².